The van der Waals surface area contributed by atoms with Crippen LogP contribution in [0.3, 0.4) is 0 Å². The van der Waals surface area contributed by atoms with Gasteiger partial charge in [-0.1, -0.05) is 30.3 Å². The highest BCUT2D eigenvalue weighted by atomic mass is 16.6. The molecule has 1 aliphatic rings. The van der Waals surface area contributed by atoms with Gasteiger partial charge in [0.1, 0.15) is 19.0 Å². The molecule has 0 N–H and O–H groups in total. The van der Waals surface area contributed by atoms with Crippen LogP contribution < -0.4 is 4.74 Å². The number of hydrogen-bond acceptors (Lipinski definition) is 4. The van der Waals surface area contributed by atoms with Gasteiger partial charge in [0.25, 0.3) is 0 Å². The van der Waals surface area contributed by atoms with Gasteiger partial charge in [-0.25, -0.2) is 4.79 Å². The molecule has 0 spiro atoms. The van der Waals surface area contributed by atoms with Crippen LogP contribution in [0.2, 0.25) is 0 Å². The fraction of sp³-hybridized carbons (Fsp3) is 0.300. The molecule has 5 nitrogen and oxygen atoms in total. The van der Waals surface area contributed by atoms with Crippen LogP contribution in [0.1, 0.15) is 28.8 Å². The number of benzene rings is 2. The largest absolute Gasteiger partial charge is 0.490 e. The first-order valence-corrected chi connectivity index (χ1v) is 8.44. The van der Waals surface area contributed by atoms with Gasteiger partial charge in [-0.3, -0.25) is 4.79 Å². The number of nitrogens with zero attached hydrogens (tertiary/aromatic N) is 1. The van der Waals surface area contributed by atoms with E-state index in [0.29, 0.717) is 25.1 Å². The van der Waals surface area contributed by atoms with Crippen LogP contribution in [0.5, 0.6) is 5.75 Å². The molecule has 0 saturated carbocycles. The second kappa shape index (κ2) is 8.33. The molecule has 1 fully saturated rings. The molecule has 25 heavy (non-hydrogen) atoms. The molecule has 1 heterocycles. The van der Waals surface area contributed by atoms with Crippen LogP contribution in [0.15, 0.2) is 54.6 Å². The number of amides is 1. The smallest absolute Gasteiger partial charge is 0.338 e. The summed E-state index contributed by atoms with van der Waals surface area (Å²) in [5.41, 5.74) is 1.51. The summed E-state index contributed by atoms with van der Waals surface area (Å²) in [6.07, 6.45) is 1.56. The number of ether oxygens (including phenoxy) is 2. The molecule has 3 rings (SSSR count). The van der Waals surface area contributed by atoms with E-state index in [1.807, 2.05) is 47.4 Å². The van der Waals surface area contributed by atoms with E-state index in [4.69, 9.17) is 9.47 Å². The van der Waals surface area contributed by atoms with E-state index < -0.39 is 0 Å². The topological polar surface area (TPSA) is 55.8 Å². The lowest BCUT2D eigenvalue weighted by Gasteiger charge is -2.15. The van der Waals surface area contributed by atoms with E-state index in [1.165, 1.54) is 0 Å². The van der Waals surface area contributed by atoms with Crippen LogP contribution >= 0.6 is 0 Å². The Hall–Kier alpha value is -2.82. The van der Waals surface area contributed by atoms with E-state index in [1.54, 1.807) is 12.1 Å². The summed E-state index contributed by atoms with van der Waals surface area (Å²) < 4.78 is 10.7. The Balaban J connectivity index is 1.43. The lowest BCUT2D eigenvalue weighted by molar-refractivity contribution is -0.128. The monoisotopic (exact) mass is 339 g/mol. The van der Waals surface area contributed by atoms with Gasteiger partial charge in [-0.15, -0.1) is 0 Å². The molecular formula is C20H21NO4. The lowest BCUT2D eigenvalue weighted by atomic mass is 10.1. The van der Waals surface area contributed by atoms with Crippen molar-refractivity contribution >= 4 is 11.9 Å². The molecular weight excluding hydrogens is 318 g/mol. The molecule has 0 bridgehead atoms. The Morgan fingerprint density at radius 1 is 1.00 bits per heavy atom. The minimum Gasteiger partial charge on any atom is -0.490 e. The van der Waals surface area contributed by atoms with Crippen LogP contribution in [0.25, 0.3) is 0 Å². The normalized spacial score (nSPS) is 13.8. The lowest BCUT2D eigenvalue weighted by Crippen LogP contribution is -2.23. The zero-order valence-electron chi connectivity index (χ0n) is 14.0. The van der Waals surface area contributed by atoms with Crippen molar-refractivity contribution in [3.05, 3.63) is 65.7 Å². The van der Waals surface area contributed by atoms with Crippen molar-refractivity contribution in [1.82, 2.24) is 4.90 Å². The number of carbonyl (C=O) groups is 2. The van der Waals surface area contributed by atoms with Gasteiger partial charge >= 0.3 is 5.97 Å². The number of hydrogen-bond donors (Lipinski definition) is 0. The van der Waals surface area contributed by atoms with Gasteiger partial charge < -0.3 is 14.4 Å². The van der Waals surface area contributed by atoms with Gasteiger partial charge in [0.05, 0.1) is 5.56 Å². The minimum atomic E-state index is -0.375. The van der Waals surface area contributed by atoms with Crippen molar-refractivity contribution in [1.29, 1.82) is 0 Å². The summed E-state index contributed by atoms with van der Waals surface area (Å²) in [6, 6.07) is 16.6. The Labute approximate surface area is 147 Å². The van der Waals surface area contributed by atoms with E-state index >= 15 is 0 Å². The SMILES string of the molecule is O=C(OCCOc1ccccc1)c1ccc(CN2CCCC2=O)cc1. The summed E-state index contributed by atoms with van der Waals surface area (Å²) in [7, 11) is 0. The van der Waals surface area contributed by atoms with Crippen molar-refractivity contribution in [3.63, 3.8) is 0 Å². The third kappa shape index (κ3) is 4.83. The Morgan fingerprint density at radius 3 is 2.44 bits per heavy atom. The van der Waals surface area contributed by atoms with Crippen molar-refractivity contribution in [2.45, 2.75) is 19.4 Å². The molecule has 1 amide bonds. The molecule has 5 heteroatoms. The number of esters is 1. The van der Waals surface area contributed by atoms with Gasteiger partial charge in [-0.05, 0) is 36.2 Å². The second-order valence-electron chi connectivity index (χ2n) is 5.91. The van der Waals surface area contributed by atoms with Gasteiger partial charge in [0.2, 0.25) is 5.91 Å². The number of likely N-dealkylation sites (tertiary alicyclic amines) is 1. The molecule has 0 atom stereocenters. The third-order valence-corrected chi connectivity index (χ3v) is 4.06. The van der Waals surface area contributed by atoms with Crippen LogP contribution in [0.4, 0.5) is 0 Å². The first-order chi connectivity index (χ1) is 12.2. The van der Waals surface area contributed by atoms with Crippen molar-refractivity contribution in [2.75, 3.05) is 19.8 Å². The van der Waals surface area contributed by atoms with Crippen LogP contribution in [-0.2, 0) is 16.1 Å². The highest BCUT2D eigenvalue weighted by molar-refractivity contribution is 5.89. The summed E-state index contributed by atoms with van der Waals surface area (Å²) >= 11 is 0. The highest BCUT2D eigenvalue weighted by Crippen LogP contribution is 2.15. The third-order valence-electron chi connectivity index (χ3n) is 4.06. The van der Waals surface area contributed by atoms with Crippen molar-refractivity contribution in [2.24, 2.45) is 0 Å². The molecule has 0 aromatic heterocycles. The predicted molar refractivity (Wildman–Crippen MR) is 93.3 cm³/mol. The van der Waals surface area contributed by atoms with E-state index in [-0.39, 0.29) is 18.5 Å². The standard InChI is InChI=1S/C20H21NO4/c22-19-7-4-12-21(19)15-16-8-10-17(11-9-16)20(23)25-14-13-24-18-5-2-1-3-6-18/h1-3,5-6,8-11H,4,7,12-15H2. The maximum Gasteiger partial charge on any atom is 0.338 e. The zero-order valence-corrected chi connectivity index (χ0v) is 14.0. The molecule has 0 unspecified atom stereocenters. The average Bonchev–Trinajstić information content (AvgIpc) is 3.05. The molecule has 1 aliphatic heterocycles. The first-order valence-electron chi connectivity index (χ1n) is 8.44. The minimum absolute atomic E-state index is 0.192. The van der Waals surface area contributed by atoms with Gasteiger partial charge in [0, 0.05) is 19.5 Å². The quantitative estimate of drug-likeness (QED) is 0.575. The fourth-order valence-electron chi connectivity index (χ4n) is 2.73. The molecule has 130 valence electrons. The molecule has 0 radical (unpaired) electrons. The number of carbonyl (C=O) groups excluding carboxylic acids is 2. The summed E-state index contributed by atoms with van der Waals surface area (Å²) in [5, 5.41) is 0. The Bertz CT molecular complexity index is 712. The van der Waals surface area contributed by atoms with Gasteiger partial charge in [0.15, 0.2) is 0 Å². The maximum absolute atomic E-state index is 12.0. The Kier molecular flexibility index (Phi) is 5.67. The summed E-state index contributed by atoms with van der Waals surface area (Å²) in [6.45, 7) is 1.91. The fourth-order valence-corrected chi connectivity index (χ4v) is 2.73. The van der Waals surface area contributed by atoms with Crippen LogP contribution in [-0.4, -0.2) is 36.5 Å². The molecule has 1 saturated heterocycles. The van der Waals surface area contributed by atoms with E-state index in [9.17, 15) is 9.59 Å². The van der Waals surface area contributed by atoms with Crippen LogP contribution in [0, 0.1) is 0 Å². The van der Waals surface area contributed by atoms with Gasteiger partial charge in [-0.2, -0.15) is 0 Å². The summed E-state index contributed by atoms with van der Waals surface area (Å²) in [4.78, 5) is 25.5. The summed E-state index contributed by atoms with van der Waals surface area (Å²) in [5.74, 6) is 0.571. The second-order valence-corrected chi connectivity index (χ2v) is 5.91. The van der Waals surface area contributed by atoms with Crippen molar-refractivity contribution in [3.8, 4) is 5.75 Å². The van der Waals surface area contributed by atoms with E-state index in [0.717, 1.165) is 24.3 Å². The zero-order chi connectivity index (χ0) is 17.5. The average molecular weight is 339 g/mol. The molecule has 2 aromatic rings. The first kappa shape index (κ1) is 17.0. The highest BCUT2D eigenvalue weighted by Gasteiger charge is 2.20. The Morgan fingerprint density at radius 2 is 1.76 bits per heavy atom. The maximum atomic E-state index is 12.0. The predicted octanol–water partition coefficient (Wildman–Crippen LogP) is 3.04. The number of para-hydroxylation sites is 1. The van der Waals surface area contributed by atoms with Crippen molar-refractivity contribution < 1.29 is 19.1 Å². The molecule has 2 aromatic carbocycles. The van der Waals surface area contributed by atoms with E-state index in [2.05, 4.69) is 0 Å². The molecule has 0 aliphatic carbocycles. The number of rotatable bonds is 7.